The molecular weight excluding hydrogens is 875 g/mol. The van der Waals surface area contributed by atoms with Crippen molar-refractivity contribution in [1.29, 1.82) is 0 Å². The Kier molecular flexibility index (Phi) is 13.4. The maximum Gasteiger partial charge on any atom is 0.261 e. The molecule has 4 aliphatic heterocycles. The van der Waals surface area contributed by atoms with E-state index in [0.29, 0.717) is 57.3 Å². The fourth-order valence-corrected chi connectivity index (χ4v) is 9.60. The summed E-state index contributed by atoms with van der Waals surface area (Å²) in [6.07, 6.45) is 4.72. The molecule has 2 unspecified atom stereocenters. The van der Waals surface area contributed by atoms with E-state index in [1.807, 2.05) is 72.5 Å². The number of nitrogens with zero attached hydrogens (tertiary/aromatic N) is 3. The van der Waals surface area contributed by atoms with Crippen molar-refractivity contribution in [3.05, 3.63) is 136 Å². The first-order valence-corrected chi connectivity index (χ1v) is 23.6. The second-order valence-electron chi connectivity index (χ2n) is 18.4. The Morgan fingerprint density at radius 2 is 1.38 bits per heavy atom. The monoisotopic (exact) mass is 929 g/mol. The highest BCUT2D eigenvalue weighted by atomic mass is 16.5. The number of carbonyl (C=O) groups excluding carboxylic acids is 6. The number of aryl methyl sites for hydroxylation is 2. The smallest absolute Gasteiger partial charge is 0.261 e. The summed E-state index contributed by atoms with van der Waals surface area (Å²) >= 11 is 0. The quantitative estimate of drug-likeness (QED) is 0.0929. The summed E-state index contributed by atoms with van der Waals surface area (Å²) < 4.78 is 18.6. The van der Waals surface area contributed by atoms with Crippen molar-refractivity contribution in [2.24, 2.45) is 10.9 Å². The van der Waals surface area contributed by atoms with Gasteiger partial charge in [0.2, 0.25) is 11.8 Å². The van der Waals surface area contributed by atoms with Crippen LogP contribution in [-0.4, -0.2) is 67.1 Å². The first-order valence-electron chi connectivity index (χ1n) is 23.6. The van der Waals surface area contributed by atoms with Gasteiger partial charge in [-0.05, 0) is 108 Å². The number of hydrogen-bond acceptors (Lipinski definition) is 10. The van der Waals surface area contributed by atoms with Gasteiger partial charge in [-0.2, -0.15) is 0 Å². The van der Waals surface area contributed by atoms with Crippen LogP contribution in [0.25, 0.3) is 0 Å². The molecule has 0 bridgehead atoms. The van der Waals surface area contributed by atoms with Crippen LogP contribution in [0.3, 0.4) is 0 Å². The van der Waals surface area contributed by atoms with Gasteiger partial charge in [-0.3, -0.25) is 38.7 Å². The van der Waals surface area contributed by atoms with Crippen molar-refractivity contribution in [3.8, 4) is 17.2 Å². The minimum Gasteiger partial charge on any atom is -0.493 e. The Morgan fingerprint density at radius 3 is 2.10 bits per heavy atom. The lowest BCUT2D eigenvalue weighted by Gasteiger charge is -2.23. The van der Waals surface area contributed by atoms with E-state index in [4.69, 9.17) is 19.2 Å². The van der Waals surface area contributed by atoms with Gasteiger partial charge in [-0.25, -0.2) is 0 Å². The third kappa shape index (κ3) is 10.0. The molecule has 0 fully saturated rings. The predicted molar refractivity (Wildman–Crippen MR) is 262 cm³/mol. The molecule has 0 saturated carbocycles. The number of aliphatic imine (C=N–C) groups is 1. The zero-order valence-corrected chi connectivity index (χ0v) is 39.3. The Labute approximate surface area is 401 Å². The van der Waals surface area contributed by atoms with Crippen LogP contribution < -0.4 is 34.6 Å². The number of amides is 4. The molecule has 5 aromatic carbocycles. The largest absolute Gasteiger partial charge is 0.493 e. The highest BCUT2D eigenvalue weighted by Gasteiger charge is 2.38. The number of anilines is 3. The van der Waals surface area contributed by atoms with Crippen LogP contribution in [0.1, 0.15) is 100 Å². The summed E-state index contributed by atoms with van der Waals surface area (Å²) in [5.41, 5.74) is 9.22. The number of benzene rings is 5. The van der Waals surface area contributed by atoms with Crippen molar-refractivity contribution >= 4 is 64.2 Å². The van der Waals surface area contributed by atoms with Gasteiger partial charge < -0.3 is 29.7 Å². The first-order chi connectivity index (χ1) is 33.3. The van der Waals surface area contributed by atoms with Crippen molar-refractivity contribution in [2.45, 2.75) is 97.4 Å². The lowest BCUT2D eigenvalue weighted by Crippen LogP contribution is -2.37. The van der Waals surface area contributed by atoms with E-state index in [1.54, 1.807) is 49.2 Å². The van der Waals surface area contributed by atoms with E-state index in [0.717, 1.165) is 47.3 Å². The van der Waals surface area contributed by atoms with Gasteiger partial charge in [-0.15, -0.1) is 0 Å². The number of ether oxygens (including phenoxy) is 3. The van der Waals surface area contributed by atoms with E-state index >= 15 is 0 Å². The van der Waals surface area contributed by atoms with Crippen molar-refractivity contribution in [3.63, 3.8) is 0 Å². The molecule has 0 spiro atoms. The Balaban J connectivity index is 0.915. The number of nitrogens with one attached hydrogen (secondary N) is 2. The van der Waals surface area contributed by atoms with E-state index in [2.05, 4.69) is 16.7 Å². The van der Waals surface area contributed by atoms with E-state index in [1.165, 1.54) is 12.7 Å². The number of rotatable bonds is 17. The molecule has 0 aliphatic carbocycles. The molecule has 0 radical (unpaired) electrons. The highest BCUT2D eigenvalue weighted by molar-refractivity contribution is 6.15. The summed E-state index contributed by atoms with van der Waals surface area (Å²) in [4.78, 5) is 86.7. The van der Waals surface area contributed by atoms with Crippen LogP contribution in [0.15, 0.2) is 96.0 Å². The SMILES string of the molecule is COc1cc2c(cc1OCc1cc(COc3cc4c(cc3C)C(=O)N3c5ccccc5CC3CC4)cc(NC(=O)CCC(=O)CNC(=O)CCC(=O)C(C)C)c1)N=CC1Cc3ccccc3N1C2=O. The maximum absolute atomic E-state index is 14.0. The van der Waals surface area contributed by atoms with Crippen LogP contribution in [0.4, 0.5) is 22.7 Å². The third-order valence-electron chi connectivity index (χ3n) is 13.3. The van der Waals surface area contributed by atoms with E-state index < -0.39 is 11.8 Å². The number of ketones is 2. The van der Waals surface area contributed by atoms with Gasteiger partial charge in [-0.1, -0.05) is 50.2 Å². The lowest BCUT2D eigenvalue weighted by molar-refractivity contribution is -0.128. The molecule has 4 amide bonds. The molecule has 0 saturated heterocycles. The molecule has 9 rings (SSSR count). The van der Waals surface area contributed by atoms with Crippen LogP contribution in [-0.2, 0) is 51.7 Å². The molecule has 0 aromatic heterocycles. The normalized spacial score (nSPS) is 16.3. The van der Waals surface area contributed by atoms with Crippen LogP contribution >= 0.6 is 0 Å². The van der Waals surface area contributed by atoms with Gasteiger partial charge in [0.25, 0.3) is 11.8 Å². The average Bonchev–Trinajstić information content (AvgIpc) is 3.84. The molecule has 4 heterocycles. The number of Topliss-reactive ketones (excluding diaryl/α,β-unsaturated/α-hetero) is 2. The summed E-state index contributed by atoms with van der Waals surface area (Å²) in [6.45, 7) is 5.38. The Bertz CT molecular complexity index is 2920. The van der Waals surface area contributed by atoms with Crippen molar-refractivity contribution in [2.75, 3.05) is 28.8 Å². The minimum absolute atomic E-state index is 0.00131. The number of methoxy groups -OCH3 is 1. The topological polar surface area (TPSA) is 173 Å². The molecule has 5 aromatic rings. The zero-order valence-electron chi connectivity index (χ0n) is 39.3. The van der Waals surface area contributed by atoms with Crippen LogP contribution in [0.2, 0.25) is 0 Å². The lowest BCUT2D eigenvalue weighted by atomic mass is 9.98. The third-order valence-corrected chi connectivity index (χ3v) is 13.3. The summed E-state index contributed by atoms with van der Waals surface area (Å²) in [7, 11) is 1.51. The fraction of sp³-hybridized carbons (Fsp3) is 0.327. The number of para-hydroxylation sites is 2. The Morgan fingerprint density at radius 1 is 0.710 bits per heavy atom. The molecule has 354 valence electrons. The van der Waals surface area contributed by atoms with Crippen LogP contribution in [0.5, 0.6) is 17.2 Å². The zero-order chi connectivity index (χ0) is 48.3. The summed E-state index contributed by atoms with van der Waals surface area (Å²) in [6, 6.07) is 28.5. The van der Waals surface area contributed by atoms with Crippen molar-refractivity contribution in [1.82, 2.24) is 5.32 Å². The molecular formula is C55H55N5O9. The van der Waals surface area contributed by atoms with Crippen molar-refractivity contribution < 1.29 is 43.0 Å². The molecule has 2 atom stereocenters. The van der Waals surface area contributed by atoms with Gasteiger partial charge >= 0.3 is 0 Å². The van der Waals surface area contributed by atoms with Gasteiger partial charge in [0.1, 0.15) is 24.7 Å². The summed E-state index contributed by atoms with van der Waals surface area (Å²) in [5, 5.41) is 5.47. The number of fused-ring (bicyclic) bond motifs is 8. The second kappa shape index (κ2) is 19.9. The summed E-state index contributed by atoms with van der Waals surface area (Å²) in [5.74, 6) is -0.149. The standard InChI is InChI=1S/C55H55N5O9/c1-32(2)48(62)16-18-52(63)57-29-42(61)15-17-53(64)58-39-21-34(30-68-49-25-36-13-14-40-23-37-9-5-7-11-46(37)59(40)54(65)43(36)19-33(49)3)20-35(22-39)31-69-51-27-45-44(26-50(51)67-4)55(66)60-41(28-56-45)24-38-10-6-8-12-47(38)60/h5-12,19-22,25-28,32,40-41H,13-18,23-24,29-31H2,1-4H3,(H,57,63)(H,58,64). The number of hydrogen-bond donors (Lipinski definition) is 2. The molecule has 2 N–H and O–H groups in total. The maximum atomic E-state index is 14.0. The van der Waals surface area contributed by atoms with E-state index in [-0.39, 0.29) is 86.8 Å². The highest BCUT2D eigenvalue weighted by Crippen LogP contribution is 2.42. The molecule has 14 heteroatoms. The molecule has 14 nitrogen and oxygen atoms in total. The minimum atomic E-state index is -0.408. The van der Waals surface area contributed by atoms with Crippen LogP contribution in [0, 0.1) is 12.8 Å². The van der Waals surface area contributed by atoms with Gasteiger partial charge in [0.05, 0.1) is 30.9 Å². The van der Waals surface area contributed by atoms with Gasteiger partial charge in [0.15, 0.2) is 17.3 Å². The molecule has 4 aliphatic rings. The first kappa shape index (κ1) is 46.5. The predicted octanol–water partition coefficient (Wildman–Crippen LogP) is 8.38. The van der Waals surface area contributed by atoms with E-state index in [9.17, 15) is 28.8 Å². The Hall–Kier alpha value is -7.61. The second-order valence-corrected chi connectivity index (χ2v) is 18.4. The fourth-order valence-electron chi connectivity index (χ4n) is 9.60. The average molecular weight is 930 g/mol. The molecule has 69 heavy (non-hydrogen) atoms. The number of carbonyl (C=O) groups is 6. The van der Waals surface area contributed by atoms with Gasteiger partial charge in [0, 0.05) is 79.0 Å².